The lowest BCUT2D eigenvalue weighted by molar-refractivity contribution is -0.147. The molecule has 1 aliphatic rings. The molecule has 1 heterocycles. The van der Waals surface area contributed by atoms with E-state index in [-0.39, 0.29) is 35.0 Å². The minimum atomic E-state index is -2.79. The molecule has 4 atom stereocenters. The molecule has 2 aromatic rings. The van der Waals surface area contributed by atoms with Crippen LogP contribution in [0.1, 0.15) is 88.5 Å². The first-order valence-electron chi connectivity index (χ1n) is 18.9. The fourth-order valence-corrected chi connectivity index (χ4v) is 11.3. The highest BCUT2D eigenvalue weighted by Crippen LogP contribution is 2.38. The molecule has 0 radical (unpaired) electrons. The number of cyclic esters (lactones) is 1. The molecule has 2 N–H and O–H groups in total. The quantitative estimate of drug-likeness (QED) is 0.0675. The van der Waals surface area contributed by atoms with Crippen molar-refractivity contribution in [2.24, 2.45) is 11.3 Å². The van der Waals surface area contributed by atoms with Gasteiger partial charge in [0.25, 0.3) is 14.2 Å². The van der Waals surface area contributed by atoms with E-state index in [2.05, 4.69) is 97.9 Å². The summed E-state index contributed by atoms with van der Waals surface area (Å²) in [5, 5.41) is 7.95. The fourth-order valence-electron chi connectivity index (χ4n) is 6.54. The van der Waals surface area contributed by atoms with Crippen molar-refractivity contribution in [1.29, 1.82) is 0 Å². The maximum absolute atomic E-state index is 13.4. The summed E-state index contributed by atoms with van der Waals surface area (Å²) >= 11 is 0. The Morgan fingerprint density at radius 3 is 2.11 bits per heavy atom. The fraction of sp³-hybridized carbons (Fsp3) is 0.413. The summed E-state index contributed by atoms with van der Waals surface area (Å²) in [7, 11) is -2.79. The smallest absolute Gasteiger partial charge is 0.333 e. The topological polar surface area (TPSA) is 93.7 Å². The second-order valence-electron chi connectivity index (χ2n) is 16.1. The Balaban J connectivity index is 1.70. The highest BCUT2D eigenvalue weighted by Gasteiger charge is 2.51. The Labute approximate surface area is 325 Å². The number of carbonyl (C=O) groups excluding carboxylic acids is 3. The third kappa shape index (κ3) is 12.4. The molecule has 0 fully saturated rings. The summed E-state index contributed by atoms with van der Waals surface area (Å²) in [6.07, 6.45) is 16.7. The van der Waals surface area contributed by atoms with Crippen molar-refractivity contribution in [1.82, 2.24) is 10.6 Å². The normalized spacial score (nSPS) is 17.4. The third-order valence-electron chi connectivity index (χ3n) is 9.51. The number of ether oxygens (including phenoxy) is 1. The van der Waals surface area contributed by atoms with Crippen molar-refractivity contribution >= 4 is 36.5 Å². The van der Waals surface area contributed by atoms with E-state index < -0.39 is 25.7 Å². The minimum absolute atomic E-state index is 0.0216. The summed E-state index contributed by atoms with van der Waals surface area (Å²) in [6, 6.07) is 20.3. The van der Waals surface area contributed by atoms with Crippen LogP contribution in [0.2, 0.25) is 5.04 Å². The number of amides is 2. The van der Waals surface area contributed by atoms with Crippen LogP contribution in [0.3, 0.4) is 0 Å². The number of benzene rings is 2. The molecular weight excluding hydrogens is 689 g/mol. The van der Waals surface area contributed by atoms with Gasteiger partial charge in [-0.1, -0.05) is 157 Å². The van der Waals surface area contributed by atoms with Crippen molar-refractivity contribution in [3.8, 4) is 11.8 Å². The summed E-state index contributed by atoms with van der Waals surface area (Å²) in [4.78, 5) is 38.2. The van der Waals surface area contributed by atoms with Gasteiger partial charge in [0.15, 0.2) is 0 Å². The van der Waals surface area contributed by atoms with Gasteiger partial charge >= 0.3 is 5.97 Å². The van der Waals surface area contributed by atoms with Gasteiger partial charge in [0.05, 0.1) is 6.10 Å². The Morgan fingerprint density at radius 1 is 0.981 bits per heavy atom. The van der Waals surface area contributed by atoms with E-state index >= 15 is 0 Å². The Morgan fingerprint density at radius 2 is 1.57 bits per heavy atom. The molecule has 0 aromatic heterocycles. The monoisotopic (exact) mass is 748 g/mol. The average molecular weight is 749 g/mol. The predicted molar refractivity (Wildman–Crippen MR) is 223 cm³/mol. The van der Waals surface area contributed by atoms with Gasteiger partial charge in [0, 0.05) is 17.9 Å². The van der Waals surface area contributed by atoms with Crippen molar-refractivity contribution < 1.29 is 23.5 Å². The molecular formula is C46H60N2O5Si. The van der Waals surface area contributed by atoms with Crippen LogP contribution in [0.25, 0.3) is 0 Å². The van der Waals surface area contributed by atoms with Crippen LogP contribution in [0.5, 0.6) is 0 Å². The highest BCUT2D eigenvalue weighted by atomic mass is 28.4. The molecule has 3 rings (SSSR count). The van der Waals surface area contributed by atoms with Crippen molar-refractivity contribution in [2.75, 3.05) is 0 Å². The first kappa shape index (κ1) is 43.7. The second kappa shape index (κ2) is 20.1. The number of hydrogen-bond acceptors (Lipinski definition) is 5. The third-order valence-corrected chi connectivity index (χ3v) is 14.6. The number of allylic oxidation sites excluding steroid dienone is 4. The van der Waals surface area contributed by atoms with Gasteiger partial charge in [-0.05, 0) is 72.6 Å². The predicted octanol–water partition coefficient (Wildman–Crippen LogP) is 7.85. The van der Waals surface area contributed by atoms with Crippen LogP contribution in [-0.4, -0.2) is 44.4 Å². The molecule has 0 spiro atoms. The van der Waals surface area contributed by atoms with E-state index in [1.807, 2.05) is 84.1 Å². The van der Waals surface area contributed by atoms with Gasteiger partial charge in [0.2, 0.25) is 5.91 Å². The summed E-state index contributed by atoms with van der Waals surface area (Å²) in [5.74, 6) is 4.22. The molecule has 0 saturated carbocycles. The van der Waals surface area contributed by atoms with Crippen molar-refractivity contribution in [2.45, 2.75) is 112 Å². The zero-order valence-corrected chi connectivity index (χ0v) is 34.9. The van der Waals surface area contributed by atoms with Crippen LogP contribution >= 0.6 is 0 Å². The lowest BCUT2D eigenvalue weighted by Gasteiger charge is -2.45. The molecule has 288 valence electrons. The number of nitrogens with one attached hydrogen (secondary N) is 2. The van der Waals surface area contributed by atoms with Gasteiger partial charge in [0.1, 0.15) is 12.1 Å². The standard InChI is InChI=1S/C46H60N2O5Si/c1-11-12-23-37(53-54(46(8,9)10,38-25-15-13-16-26-38)39-27-17-14-18-28-39)24-21-32-47-43(50)42(45(5,6)7)48-41(49)29-20-19-22-34(2)33-36(4)40-31-30-35(3)44(51)52-40/h11-19,21-22,25-28,30,32-33,36-37,40,42H,23-24,31H2,1-10H3,(H,47,50)(H,48,49)/b12-11-,22-19-,32-21-,34-33+/t36-,37-,40-,42+/m0/s1. The molecule has 0 bridgehead atoms. The van der Waals surface area contributed by atoms with Gasteiger partial charge in [-0.3, -0.25) is 9.59 Å². The van der Waals surface area contributed by atoms with E-state index in [0.29, 0.717) is 24.8 Å². The van der Waals surface area contributed by atoms with Crippen molar-refractivity contribution in [3.63, 3.8) is 0 Å². The molecule has 8 heteroatoms. The Hall–Kier alpha value is -4.71. The van der Waals surface area contributed by atoms with Crippen LogP contribution in [0.15, 0.2) is 121 Å². The first-order valence-corrected chi connectivity index (χ1v) is 20.8. The number of esters is 1. The summed E-state index contributed by atoms with van der Waals surface area (Å²) in [6.45, 7) is 20.2. The SMILES string of the molecule is C/C=C\C[C@@H](C/C=C\NC(=O)[C@@H](NC(=O)C#C/C=C\C(C)=C\[C@H](C)[C@@H]1CC=C(C)C(=O)O1)C(C)(C)C)O[Si](c1ccccc1)(c1ccccc1)C(C)(C)C. The molecule has 2 aromatic carbocycles. The van der Waals surface area contributed by atoms with E-state index in [1.165, 1.54) is 10.4 Å². The van der Waals surface area contributed by atoms with Crippen LogP contribution in [0.4, 0.5) is 0 Å². The molecule has 0 aliphatic carbocycles. The Kier molecular flexibility index (Phi) is 16.3. The maximum Gasteiger partial charge on any atom is 0.333 e. The largest absolute Gasteiger partial charge is 0.458 e. The van der Waals surface area contributed by atoms with Crippen LogP contribution in [0, 0.1) is 23.2 Å². The van der Waals surface area contributed by atoms with Gasteiger partial charge in [-0.25, -0.2) is 4.79 Å². The van der Waals surface area contributed by atoms with E-state index in [9.17, 15) is 14.4 Å². The van der Waals surface area contributed by atoms with E-state index in [4.69, 9.17) is 9.16 Å². The molecule has 2 amide bonds. The summed E-state index contributed by atoms with van der Waals surface area (Å²) < 4.78 is 12.9. The zero-order chi connectivity index (χ0) is 39.9. The number of hydrogen-bond donors (Lipinski definition) is 2. The van der Waals surface area contributed by atoms with Gasteiger partial charge in [-0.2, -0.15) is 0 Å². The molecule has 7 nitrogen and oxygen atoms in total. The minimum Gasteiger partial charge on any atom is -0.458 e. The lowest BCUT2D eigenvalue weighted by Crippen LogP contribution is -2.67. The highest BCUT2D eigenvalue weighted by molar-refractivity contribution is 6.99. The molecule has 54 heavy (non-hydrogen) atoms. The van der Waals surface area contributed by atoms with Crippen LogP contribution < -0.4 is 21.0 Å². The molecule has 0 saturated heterocycles. The Bertz CT molecular complexity index is 1740. The van der Waals surface area contributed by atoms with E-state index in [0.717, 1.165) is 5.57 Å². The maximum atomic E-state index is 13.4. The van der Waals surface area contributed by atoms with E-state index in [1.54, 1.807) is 19.2 Å². The van der Waals surface area contributed by atoms with Gasteiger partial charge in [-0.15, -0.1) is 0 Å². The molecule has 0 unspecified atom stereocenters. The zero-order valence-electron chi connectivity index (χ0n) is 33.9. The number of carbonyl (C=O) groups is 3. The lowest BCUT2D eigenvalue weighted by atomic mass is 9.86. The second-order valence-corrected chi connectivity index (χ2v) is 20.3. The first-order chi connectivity index (χ1) is 25.5. The summed E-state index contributed by atoms with van der Waals surface area (Å²) in [5.41, 5.74) is 0.998. The number of rotatable bonds is 14. The van der Waals surface area contributed by atoms with Crippen LogP contribution in [-0.2, 0) is 23.5 Å². The average Bonchev–Trinajstić information content (AvgIpc) is 3.12. The molecule has 1 aliphatic heterocycles. The van der Waals surface area contributed by atoms with Crippen molar-refractivity contribution in [3.05, 3.63) is 121 Å². The van der Waals surface area contributed by atoms with Gasteiger partial charge < -0.3 is 19.8 Å².